The number of rotatable bonds is 2. The first-order valence-electron chi connectivity index (χ1n) is 7.71. The third-order valence-corrected chi connectivity index (χ3v) is 6.46. The number of piperidine rings is 1. The van der Waals surface area contributed by atoms with Crippen LogP contribution in [0.5, 0.6) is 0 Å². The van der Waals surface area contributed by atoms with E-state index in [0.29, 0.717) is 38.0 Å². The molecule has 1 aromatic rings. The largest absolute Gasteiger partial charge is 0.340 e. The Kier molecular flexibility index (Phi) is 5.27. The molecule has 0 bridgehead atoms. The third-order valence-electron chi connectivity index (χ3n) is 4.54. The number of hydrogen-bond donors (Lipinski definition) is 0. The molecule has 0 N–H and O–H groups in total. The number of halogens is 3. The van der Waals surface area contributed by atoms with Crippen LogP contribution in [0.3, 0.4) is 0 Å². The minimum atomic E-state index is -1.06. The molecule has 3 rings (SSSR count). The van der Waals surface area contributed by atoms with Crippen molar-refractivity contribution in [3.63, 3.8) is 0 Å². The van der Waals surface area contributed by atoms with Gasteiger partial charge >= 0.3 is 0 Å². The van der Waals surface area contributed by atoms with E-state index in [0.717, 1.165) is 5.75 Å². The zero-order valence-electron chi connectivity index (χ0n) is 12.9. The summed E-state index contributed by atoms with van der Waals surface area (Å²) < 4.78 is 13.4. The number of nitrogens with zero attached hydrogens (tertiary/aromatic N) is 2. The van der Waals surface area contributed by atoms with Crippen LogP contribution < -0.4 is 0 Å². The average molecular weight is 391 g/mol. The molecule has 130 valence electrons. The van der Waals surface area contributed by atoms with Gasteiger partial charge in [0.15, 0.2) is 4.84 Å². The molecule has 4 nitrogen and oxygen atoms in total. The molecule has 2 amide bonds. The number of benzene rings is 1. The predicted octanol–water partition coefficient (Wildman–Crippen LogP) is 3.14. The van der Waals surface area contributed by atoms with Gasteiger partial charge in [-0.1, -0.05) is 29.3 Å². The maximum atomic E-state index is 13.4. The highest BCUT2D eigenvalue weighted by Gasteiger charge is 2.47. The molecule has 8 heteroatoms. The Morgan fingerprint density at radius 3 is 2.54 bits per heavy atom. The van der Waals surface area contributed by atoms with Gasteiger partial charge in [0.05, 0.1) is 4.87 Å². The van der Waals surface area contributed by atoms with Crippen molar-refractivity contribution in [3.8, 4) is 0 Å². The number of hydrogen-bond acceptors (Lipinski definition) is 3. The Hall–Kier alpha value is -0.980. The monoisotopic (exact) mass is 390 g/mol. The lowest BCUT2D eigenvalue weighted by Gasteiger charge is -2.44. The second-order valence-electron chi connectivity index (χ2n) is 5.89. The van der Waals surface area contributed by atoms with Crippen LogP contribution in [0, 0.1) is 5.82 Å². The first kappa shape index (κ1) is 17.8. The van der Waals surface area contributed by atoms with Gasteiger partial charge in [-0.25, -0.2) is 4.39 Å². The van der Waals surface area contributed by atoms with Crippen molar-refractivity contribution >= 4 is 46.8 Å². The quantitative estimate of drug-likeness (QED) is 0.728. The molecule has 0 aliphatic carbocycles. The van der Waals surface area contributed by atoms with Crippen LogP contribution in [0.4, 0.5) is 4.39 Å². The SMILES string of the molecule is O=C(C(Cl)Cl)N1CCC2(CC1)SCCN2C(=O)c1cccc(F)c1. The van der Waals surface area contributed by atoms with E-state index in [2.05, 4.69) is 0 Å². The van der Waals surface area contributed by atoms with E-state index in [1.807, 2.05) is 4.90 Å². The Morgan fingerprint density at radius 2 is 1.92 bits per heavy atom. The van der Waals surface area contributed by atoms with Crippen molar-refractivity contribution in [1.29, 1.82) is 0 Å². The summed E-state index contributed by atoms with van der Waals surface area (Å²) in [6, 6.07) is 5.76. The summed E-state index contributed by atoms with van der Waals surface area (Å²) in [5.41, 5.74) is 0.358. The lowest BCUT2D eigenvalue weighted by Crippen LogP contribution is -2.54. The van der Waals surface area contributed by atoms with E-state index in [9.17, 15) is 14.0 Å². The van der Waals surface area contributed by atoms with Crippen molar-refractivity contribution in [2.45, 2.75) is 22.5 Å². The van der Waals surface area contributed by atoms with Crippen LogP contribution in [0.1, 0.15) is 23.2 Å². The zero-order chi connectivity index (χ0) is 17.3. The number of carbonyl (C=O) groups excluding carboxylic acids is 2. The molecule has 24 heavy (non-hydrogen) atoms. The molecule has 2 saturated heterocycles. The molecule has 0 saturated carbocycles. The topological polar surface area (TPSA) is 40.6 Å². The van der Waals surface area contributed by atoms with Crippen LogP contribution in [0.15, 0.2) is 24.3 Å². The summed E-state index contributed by atoms with van der Waals surface area (Å²) in [6.45, 7) is 1.64. The van der Waals surface area contributed by atoms with Crippen LogP contribution in [-0.4, -0.2) is 56.7 Å². The number of amides is 2. The van der Waals surface area contributed by atoms with Gasteiger partial charge in [0, 0.05) is 31.0 Å². The van der Waals surface area contributed by atoms with Crippen LogP contribution in [-0.2, 0) is 4.79 Å². The molecular formula is C16H17Cl2FN2O2S. The van der Waals surface area contributed by atoms with Gasteiger partial charge in [0.25, 0.3) is 11.8 Å². The van der Waals surface area contributed by atoms with Crippen molar-refractivity contribution in [1.82, 2.24) is 9.80 Å². The highest BCUT2D eigenvalue weighted by molar-refractivity contribution is 8.00. The predicted molar refractivity (Wildman–Crippen MR) is 93.9 cm³/mol. The van der Waals surface area contributed by atoms with Gasteiger partial charge in [-0.15, -0.1) is 11.8 Å². The molecule has 2 fully saturated rings. The maximum Gasteiger partial charge on any atom is 0.255 e. The molecule has 0 unspecified atom stereocenters. The first-order chi connectivity index (χ1) is 11.4. The molecule has 2 aliphatic heterocycles. The molecule has 0 radical (unpaired) electrons. The van der Waals surface area contributed by atoms with Crippen LogP contribution >= 0.6 is 35.0 Å². The maximum absolute atomic E-state index is 13.4. The Morgan fingerprint density at radius 1 is 1.21 bits per heavy atom. The van der Waals surface area contributed by atoms with Crippen LogP contribution in [0.25, 0.3) is 0 Å². The smallest absolute Gasteiger partial charge is 0.255 e. The van der Waals surface area contributed by atoms with Gasteiger partial charge < -0.3 is 9.80 Å². The zero-order valence-corrected chi connectivity index (χ0v) is 15.2. The van der Waals surface area contributed by atoms with E-state index in [1.54, 1.807) is 28.8 Å². The minimum absolute atomic E-state index is 0.160. The summed E-state index contributed by atoms with van der Waals surface area (Å²) >= 11 is 13.0. The van der Waals surface area contributed by atoms with Crippen LogP contribution in [0.2, 0.25) is 0 Å². The van der Waals surface area contributed by atoms with E-state index >= 15 is 0 Å². The standard InChI is InChI=1S/C16H17Cl2FN2O2S/c17-13(18)15(23)20-6-4-16(5-7-20)21(8-9-24-16)14(22)11-2-1-3-12(19)10-11/h1-3,10,13H,4-9H2. The summed E-state index contributed by atoms with van der Waals surface area (Å²) in [4.78, 5) is 26.8. The lowest BCUT2D eigenvalue weighted by molar-refractivity contribution is -0.130. The van der Waals surface area contributed by atoms with Gasteiger partial charge in [0.1, 0.15) is 5.82 Å². The Labute approximate surface area is 154 Å². The summed E-state index contributed by atoms with van der Waals surface area (Å²) in [6.07, 6.45) is 1.32. The minimum Gasteiger partial charge on any atom is -0.340 e. The number of carbonyl (C=O) groups is 2. The number of thioether (sulfide) groups is 1. The Balaban J connectivity index is 1.74. The van der Waals surface area contributed by atoms with Crippen molar-refractivity contribution in [2.24, 2.45) is 0 Å². The summed E-state index contributed by atoms with van der Waals surface area (Å²) in [5, 5.41) is 0. The first-order valence-corrected chi connectivity index (χ1v) is 9.57. The number of alkyl halides is 2. The second-order valence-corrected chi connectivity index (χ2v) is 8.44. The summed E-state index contributed by atoms with van der Waals surface area (Å²) in [7, 11) is 0. The Bertz CT molecular complexity index is 651. The fourth-order valence-corrected chi connectivity index (χ4v) is 5.03. The average Bonchev–Trinajstić information content (AvgIpc) is 2.97. The van der Waals surface area contributed by atoms with E-state index in [4.69, 9.17) is 23.2 Å². The highest BCUT2D eigenvalue weighted by Crippen LogP contribution is 2.44. The second kappa shape index (κ2) is 7.10. The van der Waals surface area contributed by atoms with E-state index < -0.39 is 10.7 Å². The summed E-state index contributed by atoms with van der Waals surface area (Å²) in [5.74, 6) is -0.0358. The van der Waals surface area contributed by atoms with Gasteiger partial charge in [-0.3, -0.25) is 9.59 Å². The highest BCUT2D eigenvalue weighted by atomic mass is 35.5. The molecule has 2 aliphatic rings. The molecule has 0 aromatic heterocycles. The lowest BCUT2D eigenvalue weighted by atomic mass is 10.0. The molecule has 2 heterocycles. The van der Waals surface area contributed by atoms with E-state index in [-0.39, 0.29) is 16.7 Å². The van der Waals surface area contributed by atoms with Gasteiger partial charge in [-0.2, -0.15) is 0 Å². The van der Waals surface area contributed by atoms with E-state index in [1.165, 1.54) is 12.1 Å². The van der Waals surface area contributed by atoms with Crippen molar-refractivity contribution < 1.29 is 14.0 Å². The fraction of sp³-hybridized carbons (Fsp3) is 0.500. The van der Waals surface area contributed by atoms with Crippen molar-refractivity contribution in [3.05, 3.63) is 35.6 Å². The molecule has 1 aromatic carbocycles. The molecule has 0 atom stereocenters. The fourth-order valence-electron chi connectivity index (χ4n) is 3.30. The normalized spacial score (nSPS) is 20.0. The number of likely N-dealkylation sites (tertiary alicyclic amines) is 1. The molecular weight excluding hydrogens is 374 g/mol. The van der Waals surface area contributed by atoms with Gasteiger partial charge in [-0.05, 0) is 31.0 Å². The third kappa shape index (κ3) is 3.37. The molecule has 1 spiro atoms. The van der Waals surface area contributed by atoms with Gasteiger partial charge in [0.2, 0.25) is 0 Å². The van der Waals surface area contributed by atoms with Crippen molar-refractivity contribution in [2.75, 3.05) is 25.4 Å².